The second kappa shape index (κ2) is 9.20. The molecule has 7 heteroatoms. The lowest BCUT2D eigenvalue weighted by Crippen LogP contribution is -2.37. The smallest absolute Gasteiger partial charge is 0.243 e. The van der Waals surface area contributed by atoms with E-state index in [9.17, 15) is 8.42 Å². The first-order valence-electron chi connectivity index (χ1n) is 8.01. The SMILES string of the molecule is CCCNC(=S)N[C@H](C)c1ccc(S(=O)(=O)N(CC)CC)cc1. The lowest BCUT2D eigenvalue weighted by atomic mass is 10.1. The molecule has 2 N–H and O–H groups in total. The van der Waals surface area contributed by atoms with Crippen molar-refractivity contribution < 1.29 is 8.42 Å². The van der Waals surface area contributed by atoms with Crippen molar-refractivity contribution in [3.05, 3.63) is 29.8 Å². The number of hydrogen-bond acceptors (Lipinski definition) is 3. The maximum absolute atomic E-state index is 12.5. The highest BCUT2D eigenvalue weighted by Gasteiger charge is 2.21. The largest absolute Gasteiger partial charge is 0.363 e. The van der Waals surface area contributed by atoms with Gasteiger partial charge in [0.05, 0.1) is 10.9 Å². The number of nitrogens with zero attached hydrogens (tertiary/aromatic N) is 1. The van der Waals surface area contributed by atoms with E-state index >= 15 is 0 Å². The van der Waals surface area contributed by atoms with Crippen molar-refractivity contribution in [3.63, 3.8) is 0 Å². The summed E-state index contributed by atoms with van der Waals surface area (Å²) in [6, 6.07) is 6.98. The molecule has 0 fully saturated rings. The van der Waals surface area contributed by atoms with Crippen LogP contribution in [0.5, 0.6) is 0 Å². The van der Waals surface area contributed by atoms with Gasteiger partial charge in [0.15, 0.2) is 5.11 Å². The van der Waals surface area contributed by atoms with E-state index in [0.717, 1.165) is 18.5 Å². The highest BCUT2D eigenvalue weighted by atomic mass is 32.2. The Labute approximate surface area is 145 Å². The number of rotatable bonds is 8. The van der Waals surface area contributed by atoms with Crippen LogP contribution in [-0.2, 0) is 10.0 Å². The summed E-state index contributed by atoms with van der Waals surface area (Å²) in [7, 11) is -3.40. The maximum atomic E-state index is 12.5. The van der Waals surface area contributed by atoms with E-state index in [0.29, 0.717) is 23.1 Å². The summed E-state index contributed by atoms with van der Waals surface area (Å²) in [5.41, 5.74) is 0.990. The van der Waals surface area contributed by atoms with Gasteiger partial charge in [-0.15, -0.1) is 0 Å². The fraction of sp³-hybridized carbons (Fsp3) is 0.562. The topological polar surface area (TPSA) is 61.4 Å². The molecular formula is C16H27N3O2S2. The fourth-order valence-corrected chi connectivity index (χ4v) is 3.95. The summed E-state index contributed by atoms with van der Waals surface area (Å²) < 4.78 is 26.4. The number of nitrogens with one attached hydrogen (secondary N) is 2. The van der Waals surface area contributed by atoms with E-state index in [1.807, 2.05) is 32.9 Å². The predicted molar refractivity (Wildman–Crippen MR) is 99.0 cm³/mol. The zero-order chi connectivity index (χ0) is 17.5. The molecular weight excluding hydrogens is 330 g/mol. The zero-order valence-electron chi connectivity index (χ0n) is 14.3. The van der Waals surface area contributed by atoms with E-state index in [4.69, 9.17) is 12.2 Å². The van der Waals surface area contributed by atoms with E-state index in [2.05, 4.69) is 17.6 Å². The van der Waals surface area contributed by atoms with Gasteiger partial charge in [0.1, 0.15) is 0 Å². The summed E-state index contributed by atoms with van der Waals surface area (Å²) in [6.07, 6.45) is 1.01. The quantitative estimate of drug-likeness (QED) is 0.701. The average molecular weight is 358 g/mol. The molecule has 0 spiro atoms. The van der Waals surface area contributed by atoms with Crippen LogP contribution in [0.3, 0.4) is 0 Å². The van der Waals surface area contributed by atoms with Gasteiger partial charge in [-0.2, -0.15) is 4.31 Å². The van der Waals surface area contributed by atoms with Gasteiger partial charge in [-0.3, -0.25) is 0 Å². The van der Waals surface area contributed by atoms with Crippen LogP contribution in [0.25, 0.3) is 0 Å². The molecule has 1 rings (SSSR count). The van der Waals surface area contributed by atoms with Crippen molar-refractivity contribution in [3.8, 4) is 0 Å². The van der Waals surface area contributed by atoms with Crippen molar-refractivity contribution >= 4 is 27.4 Å². The van der Waals surface area contributed by atoms with E-state index in [1.165, 1.54) is 4.31 Å². The monoisotopic (exact) mass is 357 g/mol. The van der Waals surface area contributed by atoms with Crippen molar-refractivity contribution in [2.45, 2.75) is 45.1 Å². The van der Waals surface area contributed by atoms with Gasteiger partial charge in [0.25, 0.3) is 0 Å². The summed E-state index contributed by atoms with van der Waals surface area (Å²) in [6.45, 7) is 9.52. The number of benzene rings is 1. The third-order valence-corrected chi connectivity index (χ3v) is 5.93. The first kappa shape index (κ1) is 19.9. The fourth-order valence-electron chi connectivity index (χ4n) is 2.21. The molecule has 0 aliphatic rings. The van der Waals surface area contributed by atoms with Crippen LogP contribution in [0.2, 0.25) is 0 Å². The lowest BCUT2D eigenvalue weighted by molar-refractivity contribution is 0.445. The Balaban J connectivity index is 2.82. The molecule has 130 valence electrons. The Morgan fingerprint density at radius 2 is 1.74 bits per heavy atom. The molecule has 0 bridgehead atoms. The van der Waals surface area contributed by atoms with Crippen molar-refractivity contribution in [1.29, 1.82) is 0 Å². The zero-order valence-corrected chi connectivity index (χ0v) is 15.9. The molecule has 0 aliphatic carbocycles. The molecule has 5 nitrogen and oxygen atoms in total. The highest BCUT2D eigenvalue weighted by Crippen LogP contribution is 2.19. The van der Waals surface area contributed by atoms with Gasteiger partial charge in [0, 0.05) is 19.6 Å². The van der Waals surface area contributed by atoms with Crippen LogP contribution in [-0.4, -0.2) is 37.5 Å². The van der Waals surface area contributed by atoms with Crippen molar-refractivity contribution in [2.24, 2.45) is 0 Å². The van der Waals surface area contributed by atoms with E-state index in [-0.39, 0.29) is 6.04 Å². The van der Waals surface area contributed by atoms with Gasteiger partial charge in [0.2, 0.25) is 10.0 Å². The van der Waals surface area contributed by atoms with Gasteiger partial charge in [-0.25, -0.2) is 8.42 Å². The third kappa shape index (κ3) is 5.44. The highest BCUT2D eigenvalue weighted by molar-refractivity contribution is 7.89. The molecule has 23 heavy (non-hydrogen) atoms. The van der Waals surface area contributed by atoms with Crippen LogP contribution < -0.4 is 10.6 Å². The van der Waals surface area contributed by atoms with Crippen molar-refractivity contribution in [2.75, 3.05) is 19.6 Å². The van der Waals surface area contributed by atoms with E-state index < -0.39 is 10.0 Å². The van der Waals surface area contributed by atoms with Gasteiger partial charge < -0.3 is 10.6 Å². The van der Waals surface area contributed by atoms with Crippen LogP contribution in [0.4, 0.5) is 0 Å². The van der Waals surface area contributed by atoms with E-state index in [1.54, 1.807) is 12.1 Å². The van der Waals surface area contributed by atoms with Crippen LogP contribution >= 0.6 is 12.2 Å². The standard InChI is InChI=1S/C16H27N3O2S2/c1-5-12-17-16(22)18-13(4)14-8-10-15(11-9-14)23(20,21)19(6-2)7-3/h8-11,13H,5-7,12H2,1-4H3,(H2,17,18,22)/t13-/m1/s1. The Bertz CT molecular complexity index is 596. The van der Waals surface area contributed by atoms with Crippen LogP contribution in [0.1, 0.15) is 45.7 Å². The first-order chi connectivity index (χ1) is 10.9. The molecule has 0 saturated carbocycles. The van der Waals surface area contributed by atoms with Crippen LogP contribution in [0.15, 0.2) is 29.2 Å². The summed E-state index contributed by atoms with van der Waals surface area (Å²) in [4.78, 5) is 0.323. The molecule has 0 unspecified atom stereocenters. The molecule has 0 aliphatic heterocycles. The second-order valence-electron chi connectivity index (χ2n) is 5.28. The minimum absolute atomic E-state index is 0.0112. The second-order valence-corrected chi connectivity index (χ2v) is 7.63. The Kier molecular flexibility index (Phi) is 7.94. The molecule has 0 radical (unpaired) electrons. The minimum Gasteiger partial charge on any atom is -0.363 e. The number of thiocarbonyl (C=S) groups is 1. The number of hydrogen-bond donors (Lipinski definition) is 2. The normalized spacial score (nSPS) is 12.9. The van der Waals surface area contributed by atoms with Gasteiger partial charge in [-0.1, -0.05) is 32.9 Å². The Morgan fingerprint density at radius 3 is 2.22 bits per heavy atom. The summed E-state index contributed by atoms with van der Waals surface area (Å²) in [5, 5.41) is 6.92. The van der Waals surface area contributed by atoms with Gasteiger partial charge in [-0.05, 0) is 43.3 Å². The first-order valence-corrected chi connectivity index (χ1v) is 9.86. The Morgan fingerprint density at radius 1 is 1.17 bits per heavy atom. The molecule has 0 heterocycles. The molecule has 0 saturated heterocycles. The molecule has 0 amide bonds. The molecule has 1 aromatic rings. The maximum Gasteiger partial charge on any atom is 0.243 e. The third-order valence-electron chi connectivity index (χ3n) is 3.61. The minimum atomic E-state index is -3.40. The summed E-state index contributed by atoms with van der Waals surface area (Å²) in [5.74, 6) is 0. The van der Waals surface area contributed by atoms with Crippen LogP contribution in [0, 0.1) is 0 Å². The average Bonchev–Trinajstić information content (AvgIpc) is 2.53. The molecule has 0 aromatic heterocycles. The van der Waals surface area contributed by atoms with Gasteiger partial charge >= 0.3 is 0 Å². The molecule has 1 aromatic carbocycles. The Hall–Kier alpha value is -1.18. The predicted octanol–water partition coefficient (Wildman–Crippen LogP) is 2.65. The van der Waals surface area contributed by atoms with Crippen molar-refractivity contribution in [1.82, 2.24) is 14.9 Å². The summed E-state index contributed by atoms with van der Waals surface area (Å²) >= 11 is 5.22. The lowest BCUT2D eigenvalue weighted by Gasteiger charge is -2.20. The molecule has 1 atom stereocenters. The number of sulfonamides is 1.